The maximum Gasteiger partial charge on any atom is 0.296 e. The zero-order chi connectivity index (χ0) is 12.7. The van der Waals surface area contributed by atoms with Gasteiger partial charge in [0.25, 0.3) is 6.01 Å². The first-order chi connectivity index (χ1) is 9.40. The highest BCUT2D eigenvalue weighted by Gasteiger charge is 2.22. The molecule has 19 heavy (non-hydrogen) atoms. The van der Waals surface area contributed by atoms with Crippen molar-refractivity contribution in [2.45, 2.75) is 25.3 Å². The summed E-state index contributed by atoms with van der Waals surface area (Å²) in [5, 5.41) is 5.62. The van der Waals surface area contributed by atoms with Gasteiger partial charge in [0.1, 0.15) is 5.52 Å². The molecule has 1 atom stereocenters. The normalized spacial score (nSPS) is 18.4. The van der Waals surface area contributed by atoms with Crippen LogP contribution < -0.4 is 5.32 Å². The first-order valence-electron chi connectivity index (χ1n) is 6.58. The maximum absolute atomic E-state index is 5.74. The second-order valence-corrected chi connectivity index (χ2v) is 5.88. The van der Waals surface area contributed by atoms with Gasteiger partial charge in [-0.1, -0.05) is 12.1 Å². The lowest BCUT2D eigenvalue weighted by atomic mass is 9.94. The lowest BCUT2D eigenvalue weighted by Gasteiger charge is -2.22. The molecule has 0 bridgehead atoms. The molecule has 0 aliphatic heterocycles. The van der Waals surface area contributed by atoms with Crippen molar-refractivity contribution >= 4 is 28.5 Å². The number of para-hydroxylation sites is 2. The largest absolute Gasteiger partial charge is 0.424 e. The fourth-order valence-corrected chi connectivity index (χ4v) is 3.71. The van der Waals surface area contributed by atoms with E-state index in [0.29, 0.717) is 12.1 Å². The summed E-state index contributed by atoms with van der Waals surface area (Å²) < 4.78 is 5.74. The van der Waals surface area contributed by atoms with Crippen molar-refractivity contribution in [2.24, 2.45) is 0 Å². The van der Waals surface area contributed by atoms with Gasteiger partial charge in [-0.05, 0) is 48.4 Å². The minimum Gasteiger partial charge on any atom is -0.424 e. The number of anilines is 1. The molecule has 1 aliphatic rings. The lowest BCUT2D eigenvalue weighted by Crippen LogP contribution is -2.15. The van der Waals surface area contributed by atoms with Crippen LogP contribution in [0.25, 0.3) is 11.1 Å². The van der Waals surface area contributed by atoms with Gasteiger partial charge in [0.2, 0.25) is 0 Å². The lowest BCUT2D eigenvalue weighted by molar-refractivity contribution is 0.559. The molecule has 0 saturated carbocycles. The van der Waals surface area contributed by atoms with Crippen LogP contribution in [-0.4, -0.2) is 4.98 Å². The predicted molar refractivity (Wildman–Crippen MR) is 77.6 cm³/mol. The Bertz CT molecular complexity index is 683. The fourth-order valence-electron chi connectivity index (χ4n) is 2.72. The van der Waals surface area contributed by atoms with E-state index in [1.165, 1.54) is 23.3 Å². The Balaban J connectivity index is 1.65. The fraction of sp³-hybridized carbons (Fsp3) is 0.267. The summed E-state index contributed by atoms with van der Waals surface area (Å²) in [7, 11) is 0. The zero-order valence-electron chi connectivity index (χ0n) is 10.4. The molecule has 0 radical (unpaired) electrons. The third kappa shape index (κ3) is 1.92. The maximum atomic E-state index is 5.74. The van der Waals surface area contributed by atoms with Gasteiger partial charge in [0, 0.05) is 4.88 Å². The number of fused-ring (bicyclic) bond motifs is 2. The molecule has 3 nitrogen and oxygen atoms in total. The summed E-state index contributed by atoms with van der Waals surface area (Å²) in [6.07, 6.45) is 3.58. The van der Waals surface area contributed by atoms with Gasteiger partial charge in [0.05, 0.1) is 6.04 Å². The Hall–Kier alpha value is -1.81. The van der Waals surface area contributed by atoms with Gasteiger partial charge in [-0.3, -0.25) is 0 Å². The zero-order valence-corrected chi connectivity index (χ0v) is 11.2. The topological polar surface area (TPSA) is 38.1 Å². The van der Waals surface area contributed by atoms with Gasteiger partial charge in [0.15, 0.2) is 5.58 Å². The Labute approximate surface area is 115 Å². The van der Waals surface area contributed by atoms with Crippen LogP contribution in [0.2, 0.25) is 0 Å². The van der Waals surface area contributed by atoms with Crippen molar-refractivity contribution in [3.63, 3.8) is 0 Å². The smallest absolute Gasteiger partial charge is 0.296 e. The molecule has 1 N–H and O–H groups in total. The molecule has 0 fully saturated rings. The number of aryl methyl sites for hydroxylation is 1. The molecule has 0 spiro atoms. The van der Waals surface area contributed by atoms with Crippen LogP contribution in [0.5, 0.6) is 0 Å². The molecule has 2 aromatic heterocycles. The monoisotopic (exact) mass is 270 g/mol. The third-order valence-corrected chi connectivity index (χ3v) is 4.64. The average molecular weight is 270 g/mol. The minimum atomic E-state index is 0.336. The summed E-state index contributed by atoms with van der Waals surface area (Å²) in [5.74, 6) is 0. The molecular weight excluding hydrogens is 256 g/mol. The van der Waals surface area contributed by atoms with Gasteiger partial charge in [-0.2, -0.15) is 4.98 Å². The summed E-state index contributed by atoms with van der Waals surface area (Å²) in [6, 6.07) is 11.1. The number of oxazole rings is 1. The van der Waals surface area contributed by atoms with E-state index in [9.17, 15) is 0 Å². The molecule has 3 aromatic rings. The highest BCUT2D eigenvalue weighted by molar-refractivity contribution is 7.10. The summed E-state index contributed by atoms with van der Waals surface area (Å²) in [6.45, 7) is 0. The standard InChI is InChI=1S/C15H14N2OS/c1-2-6-13-12(4-1)17-15(18-13)16-11-5-3-7-14-10(11)8-9-19-14/h1-2,4,6,8-9,11H,3,5,7H2,(H,16,17). The first kappa shape index (κ1) is 11.1. The number of rotatable bonds is 2. The second kappa shape index (κ2) is 4.38. The summed E-state index contributed by atoms with van der Waals surface area (Å²) >= 11 is 1.85. The summed E-state index contributed by atoms with van der Waals surface area (Å²) in [5.41, 5.74) is 3.16. The predicted octanol–water partition coefficient (Wildman–Crippen LogP) is 4.38. The molecular formula is C15H14N2OS. The van der Waals surface area contributed by atoms with Gasteiger partial charge < -0.3 is 9.73 Å². The molecule has 0 saturated heterocycles. The Kier molecular flexibility index (Phi) is 2.55. The van der Waals surface area contributed by atoms with Gasteiger partial charge in [-0.15, -0.1) is 11.3 Å². The third-order valence-electron chi connectivity index (χ3n) is 3.64. The van der Waals surface area contributed by atoms with Crippen LogP contribution in [0.3, 0.4) is 0 Å². The van der Waals surface area contributed by atoms with Crippen LogP contribution in [0, 0.1) is 0 Å². The van der Waals surface area contributed by atoms with E-state index in [1.54, 1.807) is 0 Å². The highest BCUT2D eigenvalue weighted by Crippen LogP contribution is 2.35. The Morgan fingerprint density at radius 1 is 1.26 bits per heavy atom. The molecule has 1 aromatic carbocycles. The number of hydrogen-bond acceptors (Lipinski definition) is 4. The molecule has 2 heterocycles. The number of nitrogens with one attached hydrogen (secondary N) is 1. The van der Waals surface area contributed by atoms with Crippen LogP contribution in [0.4, 0.5) is 6.01 Å². The average Bonchev–Trinajstić information content (AvgIpc) is 3.04. The van der Waals surface area contributed by atoms with E-state index >= 15 is 0 Å². The Morgan fingerprint density at radius 2 is 2.21 bits per heavy atom. The van der Waals surface area contributed by atoms with Crippen molar-refractivity contribution in [3.8, 4) is 0 Å². The van der Waals surface area contributed by atoms with Crippen molar-refractivity contribution in [1.82, 2.24) is 4.98 Å². The minimum absolute atomic E-state index is 0.336. The molecule has 4 heteroatoms. The summed E-state index contributed by atoms with van der Waals surface area (Å²) in [4.78, 5) is 5.99. The molecule has 4 rings (SSSR count). The van der Waals surface area contributed by atoms with Crippen LogP contribution in [0.1, 0.15) is 29.3 Å². The van der Waals surface area contributed by atoms with E-state index in [-0.39, 0.29) is 0 Å². The van der Waals surface area contributed by atoms with E-state index in [0.717, 1.165) is 17.5 Å². The van der Waals surface area contributed by atoms with Gasteiger partial charge >= 0.3 is 0 Å². The van der Waals surface area contributed by atoms with Crippen molar-refractivity contribution in [1.29, 1.82) is 0 Å². The van der Waals surface area contributed by atoms with Crippen molar-refractivity contribution < 1.29 is 4.42 Å². The quantitative estimate of drug-likeness (QED) is 0.751. The van der Waals surface area contributed by atoms with E-state index < -0.39 is 0 Å². The van der Waals surface area contributed by atoms with Crippen LogP contribution in [0.15, 0.2) is 40.1 Å². The van der Waals surface area contributed by atoms with Crippen molar-refractivity contribution in [2.75, 3.05) is 5.32 Å². The molecule has 1 unspecified atom stereocenters. The van der Waals surface area contributed by atoms with Crippen LogP contribution >= 0.6 is 11.3 Å². The molecule has 96 valence electrons. The molecule has 1 aliphatic carbocycles. The Morgan fingerprint density at radius 3 is 3.16 bits per heavy atom. The van der Waals surface area contributed by atoms with Crippen molar-refractivity contribution in [3.05, 3.63) is 46.2 Å². The number of hydrogen-bond donors (Lipinski definition) is 1. The van der Waals surface area contributed by atoms with Gasteiger partial charge in [-0.25, -0.2) is 0 Å². The van der Waals surface area contributed by atoms with Crippen LogP contribution in [-0.2, 0) is 6.42 Å². The number of nitrogens with zero attached hydrogens (tertiary/aromatic N) is 1. The second-order valence-electron chi connectivity index (χ2n) is 4.88. The number of aromatic nitrogens is 1. The van der Waals surface area contributed by atoms with E-state index in [4.69, 9.17) is 4.42 Å². The number of benzene rings is 1. The SMILES string of the molecule is c1ccc2oc(NC3CCCc4sccc43)nc2c1. The molecule has 0 amide bonds. The van der Waals surface area contributed by atoms with E-state index in [2.05, 4.69) is 21.7 Å². The van der Waals surface area contributed by atoms with E-state index in [1.807, 2.05) is 35.6 Å². The highest BCUT2D eigenvalue weighted by atomic mass is 32.1. The first-order valence-corrected chi connectivity index (χ1v) is 7.46. The number of thiophene rings is 1.